The van der Waals surface area contributed by atoms with E-state index < -0.39 is 0 Å². The van der Waals surface area contributed by atoms with E-state index in [1.54, 1.807) is 24.3 Å². The molecule has 1 nitrogen and oxygen atoms in total. The molecule has 0 unspecified atom stereocenters. The summed E-state index contributed by atoms with van der Waals surface area (Å²) in [5, 5.41) is 9.98. The third-order valence-corrected chi connectivity index (χ3v) is 2.16. The van der Waals surface area contributed by atoms with Gasteiger partial charge >= 0.3 is 0 Å². The Kier molecular flexibility index (Phi) is 5.02. The summed E-state index contributed by atoms with van der Waals surface area (Å²) in [4.78, 5) is 0. The van der Waals surface area contributed by atoms with Crippen LogP contribution in [-0.2, 0) is 0 Å². The standard InChI is InChI=1S/C6H5ClO.C6H5Cl/c7-5-3-1-2-4-6(5)8;7-6-4-2-1-3-5-6/h1-4,8H;1-5H. The third-order valence-electron chi connectivity index (χ3n) is 1.59. The van der Waals surface area contributed by atoms with Crippen molar-refractivity contribution in [2.45, 2.75) is 0 Å². The van der Waals surface area contributed by atoms with Gasteiger partial charge in [0, 0.05) is 5.02 Å². The van der Waals surface area contributed by atoms with Crippen LogP contribution in [0.15, 0.2) is 54.6 Å². The van der Waals surface area contributed by atoms with E-state index in [0.717, 1.165) is 5.02 Å². The Morgan fingerprint density at radius 3 is 1.60 bits per heavy atom. The second-order valence-electron chi connectivity index (χ2n) is 2.75. The fourth-order valence-electron chi connectivity index (χ4n) is 0.866. The molecule has 0 amide bonds. The monoisotopic (exact) mass is 240 g/mol. The molecule has 2 aromatic carbocycles. The molecule has 0 fully saturated rings. The molecule has 78 valence electrons. The van der Waals surface area contributed by atoms with Crippen LogP contribution in [0.5, 0.6) is 5.75 Å². The van der Waals surface area contributed by atoms with Crippen LogP contribution in [0.4, 0.5) is 0 Å². The zero-order valence-electron chi connectivity index (χ0n) is 7.90. The van der Waals surface area contributed by atoms with Gasteiger partial charge in [0.05, 0.1) is 5.02 Å². The van der Waals surface area contributed by atoms with E-state index in [0.29, 0.717) is 5.02 Å². The predicted octanol–water partition coefficient (Wildman–Crippen LogP) is 4.39. The minimum Gasteiger partial charge on any atom is -0.506 e. The largest absolute Gasteiger partial charge is 0.506 e. The lowest BCUT2D eigenvalue weighted by Gasteiger charge is -1.89. The summed E-state index contributed by atoms with van der Waals surface area (Å²) in [6, 6.07) is 16.1. The molecule has 0 bridgehead atoms. The second kappa shape index (κ2) is 6.33. The zero-order valence-corrected chi connectivity index (χ0v) is 9.41. The third kappa shape index (κ3) is 4.73. The van der Waals surface area contributed by atoms with Gasteiger partial charge in [0.25, 0.3) is 0 Å². The van der Waals surface area contributed by atoms with Crippen LogP contribution < -0.4 is 0 Å². The molecule has 0 saturated carbocycles. The van der Waals surface area contributed by atoms with Crippen molar-refractivity contribution in [2.75, 3.05) is 0 Å². The first-order valence-corrected chi connectivity index (χ1v) is 5.10. The molecule has 2 aromatic rings. The molecule has 0 radical (unpaired) electrons. The summed E-state index contributed by atoms with van der Waals surface area (Å²) in [7, 11) is 0. The topological polar surface area (TPSA) is 20.2 Å². The number of hydrogen-bond acceptors (Lipinski definition) is 1. The molecule has 3 heteroatoms. The van der Waals surface area contributed by atoms with Gasteiger partial charge in [0.15, 0.2) is 0 Å². The van der Waals surface area contributed by atoms with Gasteiger partial charge in [0.1, 0.15) is 5.75 Å². The maximum Gasteiger partial charge on any atom is 0.134 e. The first-order valence-electron chi connectivity index (χ1n) is 4.34. The van der Waals surface area contributed by atoms with Gasteiger partial charge < -0.3 is 5.11 Å². The van der Waals surface area contributed by atoms with Crippen molar-refractivity contribution < 1.29 is 5.11 Å². The van der Waals surface area contributed by atoms with Crippen LogP contribution >= 0.6 is 23.2 Å². The van der Waals surface area contributed by atoms with Gasteiger partial charge in [-0.05, 0) is 24.3 Å². The van der Waals surface area contributed by atoms with Crippen molar-refractivity contribution in [3.8, 4) is 5.75 Å². The summed E-state index contributed by atoms with van der Waals surface area (Å²) in [6.07, 6.45) is 0. The summed E-state index contributed by atoms with van der Waals surface area (Å²) >= 11 is 11.0. The Labute approximate surface area is 98.9 Å². The van der Waals surface area contributed by atoms with Gasteiger partial charge in [-0.15, -0.1) is 0 Å². The van der Waals surface area contributed by atoms with Crippen LogP contribution in [0.2, 0.25) is 10.0 Å². The van der Waals surface area contributed by atoms with Crippen LogP contribution in [0.3, 0.4) is 0 Å². The van der Waals surface area contributed by atoms with E-state index in [1.165, 1.54) is 0 Å². The zero-order chi connectivity index (χ0) is 11.1. The van der Waals surface area contributed by atoms with Crippen molar-refractivity contribution in [1.29, 1.82) is 0 Å². The molecule has 0 saturated heterocycles. The number of phenols is 1. The number of para-hydroxylation sites is 1. The lowest BCUT2D eigenvalue weighted by atomic mass is 10.3. The normalized spacial score (nSPS) is 8.93. The van der Waals surface area contributed by atoms with Gasteiger partial charge in [-0.1, -0.05) is 53.5 Å². The number of aromatic hydroxyl groups is 1. The Morgan fingerprint density at radius 2 is 1.27 bits per heavy atom. The van der Waals surface area contributed by atoms with E-state index in [4.69, 9.17) is 28.3 Å². The van der Waals surface area contributed by atoms with Gasteiger partial charge in [-0.3, -0.25) is 0 Å². The number of phenolic OH excluding ortho intramolecular Hbond substituents is 1. The number of rotatable bonds is 0. The van der Waals surface area contributed by atoms with Crippen molar-refractivity contribution in [2.24, 2.45) is 0 Å². The Hall–Kier alpha value is -1.18. The smallest absolute Gasteiger partial charge is 0.134 e. The first-order chi connectivity index (χ1) is 7.20. The lowest BCUT2D eigenvalue weighted by molar-refractivity contribution is 0.475. The summed E-state index contributed by atoms with van der Waals surface area (Å²) in [5.74, 6) is 0.133. The Balaban J connectivity index is 0.000000151. The van der Waals surface area contributed by atoms with Crippen LogP contribution in [-0.4, -0.2) is 5.11 Å². The predicted molar refractivity (Wildman–Crippen MR) is 64.6 cm³/mol. The van der Waals surface area contributed by atoms with Crippen LogP contribution in [0.1, 0.15) is 0 Å². The fraction of sp³-hybridized carbons (Fsp3) is 0. The molecular weight excluding hydrogens is 231 g/mol. The molecule has 0 spiro atoms. The molecular formula is C12H10Cl2O. The molecule has 2 rings (SSSR count). The molecule has 0 aliphatic heterocycles. The molecule has 0 atom stereocenters. The Morgan fingerprint density at radius 1 is 0.733 bits per heavy atom. The van der Waals surface area contributed by atoms with Crippen LogP contribution in [0, 0.1) is 0 Å². The SMILES string of the molecule is Clc1ccccc1.Oc1ccccc1Cl. The highest BCUT2D eigenvalue weighted by Gasteiger charge is 1.89. The number of hydrogen-bond donors (Lipinski definition) is 1. The highest BCUT2D eigenvalue weighted by molar-refractivity contribution is 6.32. The Bertz CT molecular complexity index is 380. The van der Waals surface area contributed by atoms with Crippen molar-refractivity contribution in [3.63, 3.8) is 0 Å². The molecule has 15 heavy (non-hydrogen) atoms. The van der Waals surface area contributed by atoms with Crippen LogP contribution in [0.25, 0.3) is 0 Å². The quantitative estimate of drug-likeness (QED) is 0.725. The van der Waals surface area contributed by atoms with E-state index in [1.807, 2.05) is 30.3 Å². The van der Waals surface area contributed by atoms with E-state index in [2.05, 4.69) is 0 Å². The average Bonchev–Trinajstić information content (AvgIpc) is 2.25. The van der Waals surface area contributed by atoms with E-state index >= 15 is 0 Å². The van der Waals surface area contributed by atoms with E-state index in [9.17, 15) is 0 Å². The maximum absolute atomic E-state index is 8.79. The maximum atomic E-state index is 8.79. The van der Waals surface area contributed by atoms with E-state index in [-0.39, 0.29) is 5.75 Å². The average molecular weight is 241 g/mol. The molecule has 1 N–H and O–H groups in total. The van der Waals surface area contributed by atoms with Crippen molar-refractivity contribution in [1.82, 2.24) is 0 Å². The first kappa shape index (κ1) is 11.9. The highest BCUT2D eigenvalue weighted by atomic mass is 35.5. The molecule has 0 heterocycles. The lowest BCUT2D eigenvalue weighted by Crippen LogP contribution is -1.62. The minimum atomic E-state index is 0.133. The van der Waals surface area contributed by atoms with Gasteiger partial charge in [-0.2, -0.15) is 0 Å². The van der Waals surface area contributed by atoms with Crippen molar-refractivity contribution >= 4 is 23.2 Å². The summed E-state index contributed by atoms with van der Waals surface area (Å²) in [6.45, 7) is 0. The van der Waals surface area contributed by atoms with Gasteiger partial charge in [-0.25, -0.2) is 0 Å². The molecule has 0 aliphatic rings. The fourth-order valence-corrected chi connectivity index (χ4v) is 1.15. The van der Waals surface area contributed by atoms with Gasteiger partial charge in [0.2, 0.25) is 0 Å². The highest BCUT2D eigenvalue weighted by Crippen LogP contribution is 2.20. The molecule has 0 aliphatic carbocycles. The molecule has 0 aromatic heterocycles. The summed E-state index contributed by atoms with van der Waals surface area (Å²) in [5.41, 5.74) is 0. The summed E-state index contributed by atoms with van der Waals surface area (Å²) < 4.78 is 0. The number of halogens is 2. The second-order valence-corrected chi connectivity index (χ2v) is 3.59. The number of benzene rings is 2. The van der Waals surface area contributed by atoms with Crippen molar-refractivity contribution in [3.05, 3.63) is 64.6 Å². The minimum absolute atomic E-state index is 0.133.